The number of tetrazole rings is 1. The average molecular weight is 376 g/mol. The van der Waals surface area contributed by atoms with Crippen molar-refractivity contribution in [3.63, 3.8) is 0 Å². The summed E-state index contributed by atoms with van der Waals surface area (Å²) in [7, 11) is 0. The normalized spacial score (nSPS) is 10.7. The molecule has 2 aromatic carbocycles. The molecule has 22 heavy (non-hydrogen) atoms. The standard InChI is InChI=1S/C8H5Cl3N4.C6H5Cl/c9-6-3-1-5(2-4-6)8(10,11)7-12-14-15-13-7;7-6-4-2-1-3-5-6/h1-4H,(H,12,13,14,15);1-5H. The van der Waals surface area contributed by atoms with Crippen molar-refractivity contribution in [2.24, 2.45) is 0 Å². The molecule has 1 aromatic heterocycles. The molecular formula is C14H10Cl4N4. The predicted octanol–water partition coefficient (Wildman–Crippen LogP) is 4.87. The quantitative estimate of drug-likeness (QED) is 0.650. The van der Waals surface area contributed by atoms with Crippen LogP contribution in [0.15, 0.2) is 54.6 Å². The highest BCUT2D eigenvalue weighted by Crippen LogP contribution is 2.38. The molecule has 0 aliphatic carbocycles. The molecule has 0 aliphatic rings. The van der Waals surface area contributed by atoms with Gasteiger partial charge in [0.1, 0.15) is 0 Å². The number of rotatable bonds is 2. The lowest BCUT2D eigenvalue weighted by atomic mass is 10.1. The number of H-pyrrole nitrogens is 1. The summed E-state index contributed by atoms with van der Waals surface area (Å²) < 4.78 is -1.30. The van der Waals surface area contributed by atoms with E-state index in [9.17, 15) is 0 Å². The Morgan fingerprint density at radius 3 is 1.86 bits per heavy atom. The van der Waals surface area contributed by atoms with Crippen molar-refractivity contribution in [2.75, 3.05) is 0 Å². The molecule has 0 spiro atoms. The highest BCUT2D eigenvalue weighted by molar-refractivity contribution is 6.49. The minimum absolute atomic E-state index is 0.271. The Labute approximate surface area is 147 Å². The van der Waals surface area contributed by atoms with E-state index in [2.05, 4.69) is 20.6 Å². The second-order valence-electron chi connectivity index (χ2n) is 4.13. The molecule has 3 rings (SSSR count). The summed E-state index contributed by atoms with van der Waals surface area (Å²) in [4.78, 5) is 0. The van der Waals surface area contributed by atoms with Crippen LogP contribution in [0.4, 0.5) is 0 Å². The summed E-state index contributed by atoms with van der Waals surface area (Å²) in [6.45, 7) is 0. The van der Waals surface area contributed by atoms with Gasteiger partial charge in [-0.05, 0) is 40.3 Å². The Morgan fingerprint density at radius 2 is 1.41 bits per heavy atom. The molecule has 0 bridgehead atoms. The van der Waals surface area contributed by atoms with E-state index >= 15 is 0 Å². The van der Waals surface area contributed by atoms with Gasteiger partial charge in [0.25, 0.3) is 0 Å². The summed E-state index contributed by atoms with van der Waals surface area (Å²) in [6, 6.07) is 16.3. The number of halogens is 4. The van der Waals surface area contributed by atoms with E-state index in [1.165, 1.54) is 0 Å². The maximum absolute atomic E-state index is 6.13. The van der Waals surface area contributed by atoms with Crippen LogP contribution in [-0.2, 0) is 4.33 Å². The molecule has 1 heterocycles. The lowest BCUT2D eigenvalue weighted by molar-refractivity contribution is 0.881. The van der Waals surface area contributed by atoms with Crippen LogP contribution in [0.2, 0.25) is 10.0 Å². The zero-order chi connectivity index (χ0) is 16.0. The van der Waals surface area contributed by atoms with Gasteiger partial charge in [0.05, 0.1) is 0 Å². The smallest absolute Gasteiger partial charge is 0.203 e. The van der Waals surface area contributed by atoms with Crippen molar-refractivity contribution < 1.29 is 0 Å². The summed E-state index contributed by atoms with van der Waals surface area (Å²) in [5.74, 6) is 0.271. The lowest BCUT2D eigenvalue weighted by Gasteiger charge is -2.15. The van der Waals surface area contributed by atoms with E-state index in [-0.39, 0.29) is 5.82 Å². The van der Waals surface area contributed by atoms with Gasteiger partial charge in [0.2, 0.25) is 4.33 Å². The first-order valence-corrected chi connectivity index (χ1v) is 7.60. The zero-order valence-electron chi connectivity index (χ0n) is 11.0. The number of aromatic nitrogens is 4. The van der Waals surface area contributed by atoms with Crippen LogP contribution in [0.1, 0.15) is 11.4 Å². The van der Waals surface area contributed by atoms with Crippen molar-refractivity contribution in [1.82, 2.24) is 20.6 Å². The fourth-order valence-electron chi connectivity index (χ4n) is 1.50. The molecule has 0 aliphatic heterocycles. The van der Waals surface area contributed by atoms with Crippen LogP contribution in [0.5, 0.6) is 0 Å². The lowest BCUT2D eigenvalue weighted by Crippen LogP contribution is -2.14. The van der Waals surface area contributed by atoms with Crippen LogP contribution < -0.4 is 0 Å². The maximum atomic E-state index is 6.13. The molecule has 114 valence electrons. The summed E-state index contributed by atoms with van der Waals surface area (Å²) in [5, 5.41) is 14.4. The number of nitrogens with one attached hydrogen (secondary N) is 1. The Morgan fingerprint density at radius 1 is 0.818 bits per heavy atom. The van der Waals surface area contributed by atoms with Crippen LogP contribution in [-0.4, -0.2) is 20.6 Å². The van der Waals surface area contributed by atoms with Gasteiger partial charge in [-0.2, -0.15) is 0 Å². The van der Waals surface area contributed by atoms with Crippen molar-refractivity contribution in [3.05, 3.63) is 76.0 Å². The molecule has 0 unspecified atom stereocenters. The largest absolute Gasteiger partial charge is 0.240 e. The van der Waals surface area contributed by atoms with E-state index in [1.807, 2.05) is 30.3 Å². The number of benzene rings is 2. The molecule has 8 heteroatoms. The third-order valence-electron chi connectivity index (χ3n) is 2.58. The molecule has 1 N–H and O–H groups in total. The number of aromatic amines is 1. The molecule has 0 radical (unpaired) electrons. The van der Waals surface area contributed by atoms with E-state index in [0.717, 1.165) is 5.02 Å². The second kappa shape index (κ2) is 7.79. The van der Waals surface area contributed by atoms with Crippen LogP contribution in [0.3, 0.4) is 0 Å². The molecular weight excluding hydrogens is 366 g/mol. The van der Waals surface area contributed by atoms with Gasteiger partial charge in [-0.1, -0.05) is 76.7 Å². The van der Waals surface area contributed by atoms with Crippen molar-refractivity contribution in [3.8, 4) is 0 Å². The Kier molecular flexibility index (Phi) is 6.03. The van der Waals surface area contributed by atoms with Crippen molar-refractivity contribution >= 4 is 46.4 Å². The first-order valence-electron chi connectivity index (χ1n) is 6.09. The zero-order valence-corrected chi connectivity index (χ0v) is 14.1. The number of hydrogen-bond acceptors (Lipinski definition) is 3. The molecule has 0 saturated carbocycles. The summed E-state index contributed by atoms with van der Waals surface area (Å²) in [6.07, 6.45) is 0. The topological polar surface area (TPSA) is 54.5 Å². The second-order valence-corrected chi connectivity index (χ2v) is 6.33. The highest BCUT2D eigenvalue weighted by Gasteiger charge is 2.32. The number of nitrogens with zero attached hydrogens (tertiary/aromatic N) is 3. The third kappa shape index (κ3) is 4.58. The fraction of sp³-hybridized carbons (Fsp3) is 0.0714. The molecule has 0 amide bonds. The average Bonchev–Trinajstić information content (AvgIpc) is 3.04. The van der Waals surface area contributed by atoms with Gasteiger partial charge in [-0.25, -0.2) is 5.10 Å². The molecule has 4 nitrogen and oxygen atoms in total. The Hall–Kier alpha value is -1.33. The first-order chi connectivity index (χ1) is 10.5. The van der Waals surface area contributed by atoms with Gasteiger partial charge in [-0.3, -0.25) is 0 Å². The van der Waals surface area contributed by atoms with Crippen molar-refractivity contribution in [1.29, 1.82) is 0 Å². The molecule has 0 atom stereocenters. The number of alkyl halides is 2. The minimum atomic E-state index is -1.30. The molecule has 0 saturated heterocycles. The van der Waals surface area contributed by atoms with Crippen LogP contribution in [0.25, 0.3) is 0 Å². The monoisotopic (exact) mass is 374 g/mol. The van der Waals surface area contributed by atoms with Crippen LogP contribution in [0, 0.1) is 0 Å². The van der Waals surface area contributed by atoms with Gasteiger partial charge in [-0.15, -0.1) is 5.10 Å². The Bertz CT molecular complexity index is 685. The van der Waals surface area contributed by atoms with Gasteiger partial charge >= 0.3 is 0 Å². The Balaban J connectivity index is 0.000000211. The molecule has 0 fully saturated rings. The molecule has 3 aromatic rings. The summed E-state index contributed by atoms with van der Waals surface area (Å²) >= 11 is 23.6. The SMILES string of the molecule is Clc1ccc(C(Cl)(Cl)c2nnn[nH]2)cc1.Clc1ccccc1. The first kappa shape index (κ1) is 17.0. The van der Waals surface area contributed by atoms with E-state index in [1.54, 1.807) is 24.3 Å². The van der Waals surface area contributed by atoms with Gasteiger partial charge in [0, 0.05) is 10.0 Å². The predicted molar refractivity (Wildman–Crippen MR) is 89.6 cm³/mol. The van der Waals surface area contributed by atoms with E-state index in [0.29, 0.717) is 10.6 Å². The minimum Gasteiger partial charge on any atom is -0.240 e. The third-order valence-corrected chi connectivity index (χ3v) is 3.88. The van der Waals surface area contributed by atoms with Gasteiger partial charge < -0.3 is 0 Å². The summed E-state index contributed by atoms with van der Waals surface area (Å²) in [5.41, 5.74) is 0.647. The van der Waals surface area contributed by atoms with E-state index in [4.69, 9.17) is 46.4 Å². The number of hydrogen-bond donors (Lipinski definition) is 1. The highest BCUT2D eigenvalue weighted by atomic mass is 35.5. The van der Waals surface area contributed by atoms with Crippen molar-refractivity contribution in [2.45, 2.75) is 4.33 Å². The van der Waals surface area contributed by atoms with Gasteiger partial charge in [0.15, 0.2) is 5.82 Å². The van der Waals surface area contributed by atoms with Crippen LogP contribution >= 0.6 is 46.4 Å². The fourth-order valence-corrected chi connectivity index (χ4v) is 2.19. The maximum Gasteiger partial charge on any atom is 0.203 e. The van der Waals surface area contributed by atoms with E-state index < -0.39 is 4.33 Å².